The van der Waals surface area contributed by atoms with Gasteiger partial charge in [0.25, 0.3) is 0 Å². The molecular weight excluding hydrogens is 336 g/mol. The fraction of sp³-hybridized carbons (Fsp3) is 0.389. The Morgan fingerprint density at radius 3 is 2.32 bits per heavy atom. The fourth-order valence-electron chi connectivity index (χ4n) is 2.57. The van der Waals surface area contributed by atoms with Crippen molar-refractivity contribution in [3.63, 3.8) is 0 Å². The van der Waals surface area contributed by atoms with Crippen LogP contribution in [0.15, 0.2) is 29.6 Å². The summed E-state index contributed by atoms with van der Waals surface area (Å²) in [6.45, 7) is 5.73. The maximum atomic E-state index is 12.6. The van der Waals surface area contributed by atoms with Gasteiger partial charge in [-0.15, -0.1) is 11.3 Å². The van der Waals surface area contributed by atoms with Gasteiger partial charge in [-0.3, -0.25) is 9.59 Å². The van der Waals surface area contributed by atoms with Crippen molar-refractivity contribution < 1.29 is 9.59 Å². The summed E-state index contributed by atoms with van der Waals surface area (Å²) in [5.41, 5.74) is 7.70. The number of carbonyl (C=O) groups is 2. The molecule has 1 aromatic heterocycles. The van der Waals surface area contributed by atoms with Crippen LogP contribution in [-0.4, -0.2) is 23.3 Å². The topological polar surface area (TPSA) is 97.1 Å². The van der Waals surface area contributed by atoms with Crippen LogP contribution in [0, 0.1) is 5.41 Å². The van der Waals surface area contributed by atoms with Crippen LogP contribution in [-0.2, 0) is 9.59 Å². The minimum Gasteiger partial charge on any atom is -0.329 e. The van der Waals surface area contributed by atoms with Crippen molar-refractivity contribution in [1.82, 2.24) is 4.98 Å². The Hall–Kier alpha value is -2.25. The Bertz CT molecular complexity index is 728. The van der Waals surface area contributed by atoms with Crippen molar-refractivity contribution in [2.24, 2.45) is 11.1 Å². The van der Waals surface area contributed by atoms with E-state index in [4.69, 9.17) is 5.73 Å². The number of amides is 2. The molecule has 1 aromatic carbocycles. The van der Waals surface area contributed by atoms with Crippen molar-refractivity contribution in [3.8, 4) is 11.3 Å². The zero-order valence-corrected chi connectivity index (χ0v) is 15.6. The number of hydrogen-bond donors (Lipinski definition) is 3. The lowest BCUT2D eigenvalue weighted by Crippen LogP contribution is -2.41. The maximum absolute atomic E-state index is 12.6. The van der Waals surface area contributed by atoms with Crippen LogP contribution in [0.2, 0.25) is 0 Å². The molecule has 1 heterocycles. The molecule has 4 N–H and O–H groups in total. The van der Waals surface area contributed by atoms with Crippen molar-refractivity contribution in [3.05, 3.63) is 29.6 Å². The summed E-state index contributed by atoms with van der Waals surface area (Å²) in [5, 5.41) is 8.07. The van der Waals surface area contributed by atoms with E-state index in [1.54, 1.807) is 0 Å². The first-order valence-electron chi connectivity index (χ1n) is 8.29. The molecule has 2 aromatic rings. The SMILES string of the molecule is CCC(CC)(CN)C(=O)Nc1nc(-c2ccc(NC(C)=O)cc2)cs1. The largest absolute Gasteiger partial charge is 0.329 e. The maximum Gasteiger partial charge on any atom is 0.233 e. The third-order valence-corrected chi connectivity index (χ3v) is 5.21. The number of thiazole rings is 1. The Morgan fingerprint density at radius 1 is 1.16 bits per heavy atom. The first-order valence-corrected chi connectivity index (χ1v) is 9.17. The molecule has 0 aliphatic carbocycles. The van der Waals surface area contributed by atoms with Gasteiger partial charge in [-0.25, -0.2) is 4.98 Å². The zero-order valence-electron chi connectivity index (χ0n) is 14.8. The molecule has 2 rings (SSSR count). The molecule has 7 heteroatoms. The molecule has 0 atom stereocenters. The number of hydrogen-bond acceptors (Lipinski definition) is 5. The van der Waals surface area contributed by atoms with E-state index in [0.29, 0.717) is 24.5 Å². The smallest absolute Gasteiger partial charge is 0.233 e. The number of benzene rings is 1. The molecule has 0 unspecified atom stereocenters. The second-order valence-corrected chi connectivity index (χ2v) is 6.80. The summed E-state index contributed by atoms with van der Waals surface area (Å²) in [5.74, 6) is -0.191. The molecule has 0 fully saturated rings. The molecule has 25 heavy (non-hydrogen) atoms. The number of nitrogens with one attached hydrogen (secondary N) is 2. The molecule has 0 spiro atoms. The molecule has 134 valence electrons. The fourth-order valence-corrected chi connectivity index (χ4v) is 3.29. The summed E-state index contributed by atoms with van der Waals surface area (Å²) in [6.07, 6.45) is 1.38. The van der Waals surface area contributed by atoms with E-state index in [1.165, 1.54) is 18.3 Å². The molecule has 0 aliphatic heterocycles. The van der Waals surface area contributed by atoms with E-state index in [0.717, 1.165) is 16.9 Å². The Morgan fingerprint density at radius 2 is 1.80 bits per heavy atom. The zero-order chi connectivity index (χ0) is 18.4. The van der Waals surface area contributed by atoms with E-state index in [-0.39, 0.29) is 11.8 Å². The summed E-state index contributed by atoms with van der Waals surface area (Å²) < 4.78 is 0. The van der Waals surface area contributed by atoms with Gasteiger partial charge in [-0.1, -0.05) is 26.0 Å². The predicted octanol–water partition coefficient (Wildman–Crippen LogP) is 3.47. The quantitative estimate of drug-likeness (QED) is 0.704. The van der Waals surface area contributed by atoms with Crippen LogP contribution < -0.4 is 16.4 Å². The van der Waals surface area contributed by atoms with Gasteiger partial charge >= 0.3 is 0 Å². The molecule has 0 aliphatic rings. The highest BCUT2D eigenvalue weighted by Gasteiger charge is 2.33. The Labute approximate surface area is 151 Å². The molecular formula is C18H24N4O2S. The monoisotopic (exact) mass is 360 g/mol. The lowest BCUT2D eigenvalue weighted by atomic mass is 9.81. The predicted molar refractivity (Wildman–Crippen MR) is 103 cm³/mol. The van der Waals surface area contributed by atoms with E-state index in [9.17, 15) is 9.59 Å². The molecule has 2 amide bonds. The van der Waals surface area contributed by atoms with Gasteiger partial charge in [0.05, 0.1) is 11.1 Å². The highest BCUT2D eigenvalue weighted by Crippen LogP contribution is 2.30. The number of aromatic nitrogens is 1. The van der Waals surface area contributed by atoms with E-state index >= 15 is 0 Å². The van der Waals surface area contributed by atoms with Crippen LogP contribution in [0.25, 0.3) is 11.3 Å². The average Bonchev–Trinajstić information content (AvgIpc) is 3.05. The lowest BCUT2D eigenvalue weighted by molar-refractivity contribution is -0.125. The Kier molecular flexibility index (Phi) is 6.27. The highest BCUT2D eigenvalue weighted by atomic mass is 32.1. The standard InChI is InChI=1S/C18H24N4O2S/c1-4-18(5-2,11-19)16(24)22-17-21-15(10-25-17)13-6-8-14(9-7-13)20-12(3)23/h6-10H,4-5,11,19H2,1-3H3,(H,20,23)(H,21,22,24). The van der Waals surface area contributed by atoms with Gasteiger partial charge in [0, 0.05) is 30.1 Å². The van der Waals surface area contributed by atoms with Crippen LogP contribution >= 0.6 is 11.3 Å². The second kappa shape index (κ2) is 8.22. The Balaban J connectivity index is 2.12. The van der Waals surface area contributed by atoms with Gasteiger partial charge in [-0.2, -0.15) is 0 Å². The molecule has 0 radical (unpaired) electrons. The van der Waals surface area contributed by atoms with Crippen LogP contribution in [0.4, 0.5) is 10.8 Å². The minimum absolute atomic E-state index is 0.0816. The lowest BCUT2D eigenvalue weighted by Gasteiger charge is -2.27. The number of nitrogens with two attached hydrogens (primary N) is 1. The van der Waals surface area contributed by atoms with Crippen molar-refractivity contribution >= 4 is 34.0 Å². The van der Waals surface area contributed by atoms with E-state index in [2.05, 4.69) is 15.6 Å². The van der Waals surface area contributed by atoms with Crippen molar-refractivity contribution in [2.45, 2.75) is 33.6 Å². The third kappa shape index (κ3) is 4.43. The van der Waals surface area contributed by atoms with Gasteiger partial charge < -0.3 is 16.4 Å². The average molecular weight is 360 g/mol. The normalized spacial score (nSPS) is 11.2. The van der Waals surface area contributed by atoms with Crippen LogP contribution in [0.3, 0.4) is 0 Å². The first-order chi connectivity index (χ1) is 11.9. The van der Waals surface area contributed by atoms with Gasteiger partial charge in [0.2, 0.25) is 11.8 Å². The number of nitrogens with zero attached hydrogens (tertiary/aromatic N) is 1. The third-order valence-electron chi connectivity index (χ3n) is 4.45. The summed E-state index contributed by atoms with van der Waals surface area (Å²) in [6, 6.07) is 7.41. The van der Waals surface area contributed by atoms with Gasteiger partial charge in [-0.05, 0) is 25.0 Å². The number of carbonyl (C=O) groups excluding carboxylic acids is 2. The van der Waals surface area contributed by atoms with Crippen molar-refractivity contribution in [1.29, 1.82) is 0 Å². The number of anilines is 2. The van der Waals surface area contributed by atoms with Crippen LogP contribution in [0.1, 0.15) is 33.6 Å². The minimum atomic E-state index is -0.550. The number of rotatable bonds is 7. The van der Waals surface area contributed by atoms with Gasteiger partial charge in [0.15, 0.2) is 5.13 Å². The van der Waals surface area contributed by atoms with Gasteiger partial charge in [0.1, 0.15) is 0 Å². The first kappa shape index (κ1) is 19.1. The second-order valence-electron chi connectivity index (χ2n) is 5.94. The molecule has 0 saturated carbocycles. The summed E-state index contributed by atoms with van der Waals surface area (Å²) in [4.78, 5) is 28.1. The highest BCUT2D eigenvalue weighted by molar-refractivity contribution is 7.14. The molecule has 0 bridgehead atoms. The van der Waals surface area contributed by atoms with E-state index < -0.39 is 5.41 Å². The summed E-state index contributed by atoms with van der Waals surface area (Å²) >= 11 is 1.38. The molecule has 0 saturated heterocycles. The van der Waals surface area contributed by atoms with E-state index in [1.807, 2.05) is 43.5 Å². The van der Waals surface area contributed by atoms with Crippen molar-refractivity contribution in [2.75, 3.05) is 17.2 Å². The molecule has 6 nitrogen and oxygen atoms in total. The summed E-state index contributed by atoms with van der Waals surface area (Å²) in [7, 11) is 0. The van der Waals surface area contributed by atoms with Crippen LogP contribution in [0.5, 0.6) is 0 Å².